The van der Waals surface area contributed by atoms with E-state index in [-0.39, 0.29) is 28.7 Å². The largest absolute Gasteiger partial charge is 0.493 e. The van der Waals surface area contributed by atoms with Crippen molar-refractivity contribution in [2.75, 3.05) is 25.6 Å². The number of ether oxygens (including phenoxy) is 2. The fourth-order valence-corrected chi connectivity index (χ4v) is 7.52. The van der Waals surface area contributed by atoms with Gasteiger partial charge >= 0.3 is 0 Å². The number of sulfone groups is 1. The van der Waals surface area contributed by atoms with E-state index in [1.165, 1.54) is 12.3 Å². The minimum absolute atomic E-state index is 0.0574. The minimum atomic E-state index is -2.99. The molecule has 1 aliphatic heterocycles. The van der Waals surface area contributed by atoms with Crippen molar-refractivity contribution < 1.29 is 22.3 Å². The van der Waals surface area contributed by atoms with E-state index in [1.807, 2.05) is 31.2 Å². The fraction of sp³-hybridized carbons (Fsp3) is 0.522. The Morgan fingerprint density at radius 1 is 1.20 bits per heavy atom. The summed E-state index contributed by atoms with van der Waals surface area (Å²) >= 11 is 0. The number of nitrogens with zero attached hydrogens (tertiary/aromatic N) is 1. The molecule has 0 amide bonds. The summed E-state index contributed by atoms with van der Waals surface area (Å²) in [4.78, 5) is 4.18. The molecule has 2 aliphatic carbocycles. The molecule has 5 nitrogen and oxygen atoms in total. The second-order valence-corrected chi connectivity index (χ2v) is 11.1. The summed E-state index contributed by atoms with van der Waals surface area (Å²) in [5.41, 5.74) is 2.42. The molecule has 160 valence electrons. The van der Waals surface area contributed by atoms with Crippen LogP contribution in [0.5, 0.6) is 5.75 Å². The van der Waals surface area contributed by atoms with Crippen LogP contribution in [0, 0.1) is 36.4 Å². The van der Waals surface area contributed by atoms with Gasteiger partial charge < -0.3 is 9.47 Å². The predicted octanol–water partition coefficient (Wildman–Crippen LogP) is 3.66. The summed E-state index contributed by atoms with van der Waals surface area (Å²) in [6.07, 6.45) is 3.09. The zero-order chi connectivity index (χ0) is 20.9. The standard InChI is InChI=1S/C23H26FNO4S/c1-14-8-18(24)10-25-22(14)15-2-4-19(5-3-15)29-12-17-11-28-7-6-16(17)13-30(26,27)23-20-9-21(20)23/h2-5,8,10,16-17,20-21,23H,6-7,9,11-13H2,1H3. The van der Waals surface area contributed by atoms with Crippen LogP contribution in [0.2, 0.25) is 0 Å². The van der Waals surface area contributed by atoms with E-state index in [9.17, 15) is 12.8 Å². The average Bonchev–Trinajstić information content (AvgIpc) is 3.60. The van der Waals surface area contributed by atoms with Crippen molar-refractivity contribution in [1.29, 1.82) is 0 Å². The SMILES string of the molecule is Cc1cc(F)cnc1-c1ccc(OCC2COCCC2CS(=O)(=O)C2C3CC32)cc1. The van der Waals surface area contributed by atoms with E-state index < -0.39 is 9.84 Å². The lowest BCUT2D eigenvalue weighted by molar-refractivity contribution is 0.00445. The lowest BCUT2D eigenvalue weighted by Crippen LogP contribution is -2.37. The molecule has 3 fully saturated rings. The Morgan fingerprint density at radius 2 is 1.97 bits per heavy atom. The van der Waals surface area contributed by atoms with Crippen LogP contribution in [0.1, 0.15) is 18.4 Å². The van der Waals surface area contributed by atoms with E-state index in [2.05, 4.69) is 4.98 Å². The molecule has 0 N–H and O–H groups in total. The summed E-state index contributed by atoms with van der Waals surface area (Å²) in [7, 11) is -2.99. The number of hydrogen-bond acceptors (Lipinski definition) is 5. The van der Waals surface area contributed by atoms with Crippen LogP contribution in [0.15, 0.2) is 36.5 Å². The van der Waals surface area contributed by atoms with Gasteiger partial charge in [0.1, 0.15) is 11.6 Å². The minimum Gasteiger partial charge on any atom is -0.493 e. The molecule has 1 saturated heterocycles. The third-order valence-corrected chi connectivity index (χ3v) is 9.14. The quantitative estimate of drug-likeness (QED) is 0.669. The Balaban J connectivity index is 1.21. The fourth-order valence-electron chi connectivity index (χ4n) is 4.66. The molecule has 5 rings (SSSR count). The maximum absolute atomic E-state index is 13.3. The number of rotatable bonds is 7. The van der Waals surface area contributed by atoms with Gasteiger partial charge in [-0.2, -0.15) is 0 Å². The van der Waals surface area contributed by atoms with Gasteiger partial charge in [0.15, 0.2) is 9.84 Å². The first-order valence-electron chi connectivity index (χ1n) is 10.6. The van der Waals surface area contributed by atoms with Crippen molar-refractivity contribution in [3.8, 4) is 17.0 Å². The average molecular weight is 432 g/mol. The van der Waals surface area contributed by atoms with Gasteiger partial charge in [0.2, 0.25) is 0 Å². The molecular weight excluding hydrogens is 405 g/mol. The summed E-state index contributed by atoms with van der Waals surface area (Å²) in [5, 5.41) is -0.0574. The van der Waals surface area contributed by atoms with E-state index in [0.29, 0.717) is 37.4 Å². The second kappa shape index (κ2) is 7.61. The highest BCUT2D eigenvalue weighted by Gasteiger charge is 2.70. The first-order valence-corrected chi connectivity index (χ1v) is 12.3. The molecular formula is C23H26FNO4S. The molecule has 2 aromatic rings. The topological polar surface area (TPSA) is 65.5 Å². The molecule has 2 heterocycles. The van der Waals surface area contributed by atoms with Crippen molar-refractivity contribution in [3.63, 3.8) is 0 Å². The molecule has 1 aromatic carbocycles. The normalized spacial score (nSPS) is 29.9. The first kappa shape index (κ1) is 19.9. The summed E-state index contributed by atoms with van der Waals surface area (Å²) in [6.45, 7) is 3.42. The maximum atomic E-state index is 13.3. The van der Waals surface area contributed by atoms with Crippen LogP contribution in [0.4, 0.5) is 4.39 Å². The lowest BCUT2D eigenvalue weighted by Gasteiger charge is -2.31. The highest BCUT2D eigenvalue weighted by Crippen LogP contribution is 2.66. The first-order chi connectivity index (χ1) is 14.4. The molecule has 30 heavy (non-hydrogen) atoms. The number of pyridine rings is 1. The van der Waals surface area contributed by atoms with Crippen LogP contribution in [-0.2, 0) is 14.6 Å². The smallest absolute Gasteiger partial charge is 0.154 e. The molecule has 0 radical (unpaired) electrons. The predicted molar refractivity (Wildman–Crippen MR) is 111 cm³/mol. The van der Waals surface area contributed by atoms with E-state index in [1.54, 1.807) is 0 Å². The van der Waals surface area contributed by atoms with Crippen LogP contribution >= 0.6 is 0 Å². The molecule has 1 aromatic heterocycles. The van der Waals surface area contributed by atoms with Gasteiger partial charge in [-0.3, -0.25) is 4.98 Å². The van der Waals surface area contributed by atoms with Crippen molar-refractivity contribution in [3.05, 3.63) is 47.9 Å². The van der Waals surface area contributed by atoms with Crippen molar-refractivity contribution in [2.24, 2.45) is 23.7 Å². The number of fused-ring (bicyclic) bond motifs is 1. The monoisotopic (exact) mass is 431 g/mol. The number of aryl methyl sites for hydroxylation is 1. The van der Waals surface area contributed by atoms with E-state index >= 15 is 0 Å². The number of aromatic nitrogens is 1. The second-order valence-electron chi connectivity index (χ2n) is 8.90. The van der Waals surface area contributed by atoms with Gasteiger partial charge in [-0.15, -0.1) is 0 Å². The van der Waals surface area contributed by atoms with E-state index in [4.69, 9.17) is 9.47 Å². The van der Waals surface area contributed by atoms with Crippen molar-refractivity contribution in [2.45, 2.75) is 25.0 Å². The van der Waals surface area contributed by atoms with Crippen LogP contribution < -0.4 is 4.74 Å². The van der Waals surface area contributed by atoms with Gasteiger partial charge in [0, 0.05) is 18.1 Å². The number of halogens is 1. The summed E-state index contributed by atoms with van der Waals surface area (Å²) in [6, 6.07) is 9.01. The van der Waals surface area contributed by atoms with Crippen LogP contribution in [0.3, 0.4) is 0 Å². The summed E-state index contributed by atoms with van der Waals surface area (Å²) < 4.78 is 50.1. The molecule has 0 spiro atoms. The Labute approximate surface area is 176 Å². The van der Waals surface area contributed by atoms with Crippen molar-refractivity contribution >= 4 is 9.84 Å². The summed E-state index contributed by atoms with van der Waals surface area (Å²) in [5.74, 6) is 1.72. The number of hydrogen-bond donors (Lipinski definition) is 0. The molecule has 7 heteroatoms. The number of benzene rings is 1. The van der Waals surface area contributed by atoms with Gasteiger partial charge in [0.25, 0.3) is 0 Å². The Kier molecular flexibility index (Phi) is 5.06. The molecule has 4 unspecified atom stereocenters. The zero-order valence-electron chi connectivity index (χ0n) is 17.0. The molecule has 0 bridgehead atoms. The van der Waals surface area contributed by atoms with Gasteiger partial charge in [-0.1, -0.05) is 0 Å². The third kappa shape index (κ3) is 3.97. The third-order valence-electron chi connectivity index (χ3n) is 6.72. The molecule has 3 aliphatic rings. The van der Waals surface area contributed by atoms with Gasteiger partial charge in [0.05, 0.1) is 36.1 Å². The highest BCUT2D eigenvalue weighted by atomic mass is 32.2. The highest BCUT2D eigenvalue weighted by molar-refractivity contribution is 7.92. The van der Waals surface area contributed by atoms with Gasteiger partial charge in [-0.25, -0.2) is 12.8 Å². The zero-order valence-corrected chi connectivity index (χ0v) is 17.8. The van der Waals surface area contributed by atoms with Crippen LogP contribution in [0.25, 0.3) is 11.3 Å². The molecule has 2 saturated carbocycles. The maximum Gasteiger partial charge on any atom is 0.154 e. The lowest BCUT2D eigenvalue weighted by atomic mass is 9.91. The Bertz CT molecular complexity index is 1030. The van der Waals surface area contributed by atoms with Gasteiger partial charge in [-0.05, 0) is 73.4 Å². The Morgan fingerprint density at radius 3 is 2.63 bits per heavy atom. The van der Waals surface area contributed by atoms with E-state index in [0.717, 1.165) is 29.7 Å². The van der Waals surface area contributed by atoms with Crippen LogP contribution in [-0.4, -0.2) is 44.2 Å². The van der Waals surface area contributed by atoms with Crippen molar-refractivity contribution in [1.82, 2.24) is 4.98 Å². The molecule has 4 atom stereocenters. The Hall–Kier alpha value is -1.99.